The summed E-state index contributed by atoms with van der Waals surface area (Å²) >= 11 is 0. The van der Waals surface area contributed by atoms with E-state index in [9.17, 15) is 4.79 Å². The highest BCUT2D eigenvalue weighted by Crippen LogP contribution is 2.28. The number of nitrogens with one attached hydrogen (secondary N) is 1. The number of hydrogen-bond acceptors (Lipinski definition) is 3. The van der Waals surface area contributed by atoms with Crippen molar-refractivity contribution in [2.45, 2.75) is 63.5 Å². The van der Waals surface area contributed by atoms with E-state index in [2.05, 4.69) is 12.2 Å². The van der Waals surface area contributed by atoms with Crippen molar-refractivity contribution in [3.8, 4) is 0 Å². The smallest absolute Gasteiger partial charge is 0.242 e. The summed E-state index contributed by atoms with van der Waals surface area (Å²) in [7, 11) is 0. The average Bonchev–Trinajstić information content (AvgIpc) is 2.85. The molecule has 0 spiro atoms. The lowest BCUT2D eigenvalue weighted by molar-refractivity contribution is -0.127. The van der Waals surface area contributed by atoms with Crippen molar-refractivity contribution in [1.29, 1.82) is 0 Å². The molecule has 0 radical (unpaired) electrons. The number of amides is 1. The Kier molecular flexibility index (Phi) is 4.62. The van der Waals surface area contributed by atoms with Gasteiger partial charge in [-0.15, -0.1) is 0 Å². The normalized spacial score (nSPS) is 31.2. The van der Waals surface area contributed by atoms with Crippen molar-refractivity contribution in [3.63, 3.8) is 0 Å². The lowest BCUT2D eigenvalue weighted by Crippen LogP contribution is -2.57. The Hall–Kier alpha value is -0.610. The summed E-state index contributed by atoms with van der Waals surface area (Å²) in [5, 5.41) is 3.17. The van der Waals surface area contributed by atoms with Crippen molar-refractivity contribution < 1.29 is 9.53 Å². The third-order valence-electron chi connectivity index (χ3n) is 4.48. The number of hydrogen-bond donors (Lipinski definition) is 2. The summed E-state index contributed by atoms with van der Waals surface area (Å²) in [6.45, 7) is 3.11. The highest BCUT2D eigenvalue weighted by Gasteiger charge is 2.39. The maximum absolute atomic E-state index is 12.3. The first-order valence-corrected chi connectivity index (χ1v) is 7.33. The van der Waals surface area contributed by atoms with Gasteiger partial charge in [-0.25, -0.2) is 0 Å². The van der Waals surface area contributed by atoms with E-state index in [0.29, 0.717) is 31.6 Å². The van der Waals surface area contributed by atoms with Crippen LogP contribution in [0.2, 0.25) is 0 Å². The Morgan fingerprint density at radius 1 is 1.44 bits per heavy atom. The van der Waals surface area contributed by atoms with Crippen LogP contribution in [0.1, 0.15) is 51.9 Å². The van der Waals surface area contributed by atoms with Crippen LogP contribution in [0.15, 0.2) is 0 Å². The molecule has 1 heterocycles. The first-order chi connectivity index (χ1) is 8.65. The molecule has 18 heavy (non-hydrogen) atoms. The molecule has 0 aromatic rings. The van der Waals surface area contributed by atoms with E-state index in [1.54, 1.807) is 0 Å². The van der Waals surface area contributed by atoms with Crippen LogP contribution in [0.4, 0.5) is 0 Å². The predicted octanol–water partition coefficient (Wildman–Crippen LogP) is 1.58. The van der Waals surface area contributed by atoms with E-state index >= 15 is 0 Å². The Morgan fingerprint density at radius 3 is 2.72 bits per heavy atom. The van der Waals surface area contributed by atoms with Gasteiger partial charge in [-0.05, 0) is 31.6 Å². The molecule has 2 fully saturated rings. The van der Waals surface area contributed by atoms with E-state index in [1.165, 1.54) is 32.1 Å². The predicted molar refractivity (Wildman–Crippen MR) is 71.2 cm³/mol. The Bertz CT molecular complexity index is 282. The topological polar surface area (TPSA) is 64.4 Å². The van der Waals surface area contributed by atoms with Crippen molar-refractivity contribution >= 4 is 5.91 Å². The fraction of sp³-hybridized carbons (Fsp3) is 0.929. The molecule has 2 aliphatic rings. The highest BCUT2D eigenvalue weighted by molar-refractivity contribution is 5.86. The van der Waals surface area contributed by atoms with Crippen LogP contribution >= 0.6 is 0 Å². The molecule has 1 saturated heterocycles. The van der Waals surface area contributed by atoms with Gasteiger partial charge in [-0.3, -0.25) is 4.79 Å². The van der Waals surface area contributed by atoms with Gasteiger partial charge in [-0.2, -0.15) is 0 Å². The molecule has 4 heteroatoms. The Balaban J connectivity index is 1.90. The standard InChI is InChI=1S/C14H26N2O2/c1-2-12(11-6-4-3-5-7-11)16-13(17)14(15)8-9-18-10-14/h11-12H,2-10,15H2,1H3,(H,16,17). The first kappa shape index (κ1) is 13.8. The van der Waals surface area contributed by atoms with Gasteiger partial charge in [-0.1, -0.05) is 26.2 Å². The quantitative estimate of drug-likeness (QED) is 0.800. The molecule has 0 bridgehead atoms. The third kappa shape index (κ3) is 3.04. The van der Waals surface area contributed by atoms with Gasteiger partial charge >= 0.3 is 0 Å². The largest absolute Gasteiger partial charge is 0.379 e. The van der Waals surface area contributed by atoms with Crippen molar-refractivity contribution in [3.05, 3.63) is 0 Å². The molecule has 1 aliphatic heterocycles. The van der Waals surface area contributed by atoms with E-state index in [-0.39, 0.29) is 5.91 Å². The monoisotopic (exact) mass is 254 g/mol. The number of nitrogens with two attached hydrogens (primary N) is 1. The molecule has 1 aliphatic carbocycles. The Morgan fingerprint density at radius 2 is 2.17 bits per heavy atom. The number of carbonyl (C=O) groups excluding carboxylic acids is 1. The average molecular weight is 254 g/mol. The van der Waals surface area contributed by atoms with Crippen LogP contribution in [-0.4, -0.2) is 30.7 Å². The maximum atomic E-state index is 12.3. The Labute approximate surface area is 110 Å². The summed E-state index contributed by atoms with van der Waals surface area (Å²) in [4.78, 5) is 12.3. The van der Waals surface area contributed by atoms with Gasteiger partial charge in [0.25, 0.3) is 0 Å². The molecule has 104 valence electrons. The molecule has 1 saturated carbocycles. The van der Waals surface area contributed by atoms with Crippen LogP contribution < -0.4 is 11.1 Å². The van der Waals surface area contributed by atoms with Gasteiger partial charge in [0, 0.05) is 12.6 Å². The highest BCUT2D eigenvalue weighted by atomic mass is 16.5. The van der Waals surface area contributed by atoms with Gasteiger partial charge < -0.3 is 15.8 Å². The van der Waals surface area contributed by atoms with Crippen LogP contribution in [-0.2, 0) is 9.53 Å². The minimum absolute atomic E-state index is 0.0163. The molecular formula is C14H26N2O2. The second-order valence-electron chi connectivity index (χ2n) is 5.85. The van der Waals surface area contributed by atoms with E-state index in [1.807, 2.05) is 0 Å². The second-order valence-corrected chi connectivity index (χ2v) is 5.85. The maximum Gasteiger partial charge on any atom is 0.242 e. The summed E-state index contributed by atoms with van der Waals surface area (Å²) in [5.74, 6) is 0.621. The molecule has 4 nitrogen and oxygen atoms in total. The fourth-order valence-electron chi connectivity index (χ4n) is 3.16. The second kappa shape index (κ2) is 6.02. The molecule has 0 aromatic heterocycles. The van der Waals surface area contributed by atoms with Gasteiger partial charge in [0.1, 0.15) is 5.54 Å². The van der Waals surface area contributed by atoms with Gasteiger partial charge in [0.2, 0.25) is 5.91 Å². The van der Waals surface area contributed by atoms with Gasteiger partial charge in [0.15, 0.2) is 0 Å². The number of carbonyl (C=O) groups is 1. The molecule has 2 rings (SSSR count). The minimum Gasteiger partial charge on any atom is -0.379 e. The molecule has 0 aromatic carbocycles. The van der Waals surface area contributed by atoms with E-state index in [4.69, 9.17) is 10.5 Å². The summed E-state index contributed by atoms with van der Waals surface area (Å²) in [6, 6.07) is 0.291. The van der Waals surface area contributed by atoms with E-state index in [0.717, 1.165) is 6.42 Å². The molecular weight excluding hydrogens is 228 g/mol. The van der Waals surface area contributed by atoms with Crippen molar-refractivity contribution in [2.75, 3.05) is 13.2 Å². The molecule has 1 amide bonds. The lowest BCUT2D eigenvalue weighted by Gasteiger charge is -2.32. The lowest BCUT2D eigenvalue weighted by atomic mass is 9.82. The zero-order valence-electron chi connectivity index (χ0n) is 11.4. The fourth-order valence-corrected chi connectivity index (χ4v) is 3.16. The SMILES string of the molecule is CCC(NC(=O)C1(N)CCOC1)C1CCCCC1. The van der Waals surface area contributed by atoms with Crippen LogP contribution in [0.3, 0.4) is 0 Å². The van der Waals surface area contributed by atoms with Crippen LogP contribution in [0.5, 0.6) is 0 Å². The molecule has 2 atom stereocenters. The number of ether oxygens (including phenoxy) is 1. The zero-order valence-corrected chi connectivity index (χ0v) is 11.4. The van der Waals surface area contributed by atoms with E-state index < -0.39 is 5.54 Å². The van der Waals surface area contributed by atoms with Gasteiger partial charge in [0.05, 0.1) is 6.61 Å². The zero-order chi connectivity index (χ0) is 13.0. The minimum atomic E-state index is -0.790. The summed E-state index contributed by atoms with van der Waals surface area (Å²) in [6.07, 6.45) is 8.06. The molecule has 2 unspecified atom stereocenters. The van der Waals surface area contributed by atoms with Crippen LogP contribution in [0.25, 0.3) is 0 Å². The number of rotatable bonds is 4. The molecule has 3 N–H and O–H groups in total. The third-order valence-corrected chi connectivity index (χ3v) is 4.48. The van der Waals surface area contributed by atoms with Crippen molar-refractivity contribution in [2.24, 2.45) is 11.7 Å². The summed E-state index contributed by atoms with van der Waals surface area (Å²) < 4.78 is 5.26. The van der Waals surface area contributed by atoms with Crippen LogP contribution in [0, 0.1) is 5.92 Å². The van der Waals surface area contributed by atoms with Crippen molar-refractivity contribution in [1.82, 2.24) is 5.32 Å². The first-order valence-electron chi connectivity index (χ1n) is 7.33. The summed E-state index contributed by atoms with van der Waals surface area (Å²) in [5.41, 5.74) is 5.31.